The number of allylic oxidation sites excluding steroid dienone is 2. The lowest BCUT2D eigenvalue weighted by Gasteiger charge is -2.06. The van der Waals surface area contributed by atoms with Gasteiger partial charge in [-0.05, 0) is 38.8 Å². The maximum absolute atomic E-state index is 11.2. The van der Waals surface area contributed by atoms with Crippen LogP contribution in [-0.2, 0) is 4.74 Å². The number of rotatable bonds is 4. The van der Waals surface area contributed by atoms with Crippen LogP contribution in [0.25, 0.3) is 0 Å². The molecule has 0 saturated heterocycles. The number of hydrogen-bond acceptors (Lipinski definition) is 4. The summed E-state index contributed by atoms with van der Waals surface area (Å²) in [6.07, 6.45) is 5.18. The maximum atomic E-state index is 11.2. The second-order valence-corrected chi connectivity index (χ2v) is 5.40. The molecule has 120 valence electrons. The molecule has 1 heterocycles. The van der Waals surface area contributed by atoms with Gasteiger partial charge in [-0.1, -0.05) is 23.8 Å². The zero-order chi connectivity index (χ0) is 16.8. The normalized spacial score (nSPS) is 14.4. The Hall–Kier alpha value is -2.56. The van der Waals surface area contributed by atoms with Gasteiger partial charge in [0.05, 0.1) is 36.1 Å². The van der Waals surface area contributed by atoms with Crippen LogP contribution in [0, 0.1) is 20.8 Å². The minimum atomic E-state index is -0.594. The monoisotopic (exact) mass is 311 g/mol. The first-order valence-electron chi connectivity index (χ1n) is 7.60. The van der Waals surface area contributed by atoms with Crippen LogP contribution in [0.3, 0.4) is 0 Å². The summed E-state index contributed by atoms with van der Waals surface area (Å²) < 4.78 is 4.73. The standard InChI is InChI=1S/C18H21N3O2/c1-5-23-18(22)20-11-16-7-6-15(21-16)10-19-17-13(3)8-12(2)9-14(17)4/h6,8-11H,5,7H2,1-4H3/b19-10?,20-11+. The highest BCUT2D eigenvalue weighted by molar-refractivity contribution is 6.33. The lowest BCUT2D eigenvalue weighted by atomic mass is 10.1. The predicted octanol–water partition coefficient (Wildman–Crippen LogP) is 4.27. The zero-order valence-electron chi connectivity index (χ0n) is 14.0. The smallest absolute Gasteiger partial charge is 0.433 e. The lowest BCUT2D eigenvalue weighted by Crippen LogP contribution is -2.02. The molecule has 0 unspecified atom stereocenters. The molecule has 5 nitrogen and oxygen atoms in total. The van der Waals surface area contributed by atoms with Gasteiger partial charge in [-0.2, -0.15) is 4.99 Å². The van der Waals surface area contributed by atoms with Crippen molar-refractivity contribution in [2.45, 2.75) is 34.1 Å². The number of aryl methyl sites for hydroxylation is 3. The van der Waals surface area contributed by atoms with Crippen LogP contribution in [0.5, 0.6) is 0 Å². The topological polar surface area (TPSA) is 63.4 Å². The Morgan fingerprint density at radius 1 is 1.26 bits per heavy atom. The summed E-state index contributed by atoms with van der Waals surface area (Å²) in [7, 11) is 0. The van der Waals surface area contributed by atoms with Crippen molar-refractivity contribution < 1.29 is 9.53 Å². The van der Waals surface area contributed by atoms with Gasteiger partial charge in [-0.3, -0.25) is 9.98 Å². The first-order chi connectivity index (χ1) is 11.0. The van der Waals surface area contributed by atoms with Crippen LogP contribution in [0.15, 0.2) is 38.9 Å². The fourth-order valence-electron chi connectivity index (χ4n) is 2.42. The highest BCUT2D eigenvalue weighted by atomic mass is 16.5. The van der Waals surface area contributed by atoms with E-state index in [1.807, 2.05) is 6.08 Å². The van der Waals surface area contributed by atoms with Crippen LogP contribution < -0.4 is 0 Å². The predicted molar refractivity (Wildman–Crippen MR) is 94.5 cm³/mol. The van der Waals surface area contributed by atoms with E-state index >= 15 is 0 Å². The third-order valence-corrected chi connectivity index (χ3v) is 3.34. The van der Waals surface area contributed by atoms with Crippen molar-refractivity contribution in [3.05, 3.63) is 40.6 Å². The number of benzene rings is 1. The van der Waals surface area contributed by atoms with Gasteiger partial charge in [0.1, 0.15) is 0 Å². The van der Waals surface area contributed by atoms with E-state index in [1.165, 1.54) is 11.8 Å². The van der Waals surface area contributed by atoms with Crippen molar-refractivity contribution in [3.8, 4) is 0 Å². The Morgan fingerprint density at radius 3 is 2.61 bits per heavy atom. The summed E-state index contributed by atoms with van der Waals surface area (Å²) >= 11 is 0. The molecule has 5 heteroatoms. The number of amides is 1. The lowest BCUT2D eigenvalue weighted by molar-refractivity contribution is 0.164. The molecule has 0 saturated carbocycles. The Labute approximate surface area is 136 Å². The van der Waals surface area contributed by atoms with Crippen LogP contribution in [0.2, 0.25) is 0 Å². The van der Waals surface area contributed by atoms with Gasteiger partial charge in [0.25, 0.3) is 0 Å². The van der Waals surface area contributed by atoms with Gasteiger partial charge in [0.15, 0.2) is 0 Å². The molecule has 0 radical (unpaired) electrons. The molecule has 0 N–H and O–H groups in total. The highest BCUT2D eigenvalue weighted by Crippen LogP contribution is 2.25. The third kappa shape index (κ3) is 4.71. The minimum absolute atomic E-state index is 0.314. The van der Waals surface area contributed by atoms with Crippen molar-refractivity contribution in [1.29, 1.82) is 0 Å². The van der Waals surface area contributed by atoms with E-state index in [9.17, 15) is 4.79 Å². The first kappa shape index (κ1) is 16.8. The van der Waals surface area contributed by atoms with Gasteiger partial charge in [-0.15, -0.1) is 0 Å². The maximum Gasteiger partial charge on any atom is 0.433 e. The van der Waals surface area contributed by atoms with E-state index in [2.05, 4.69) is 47.9 Å². The largest absolute Gasteiger partial charge is 0.448 e. The molecule has 2 rings (SSSR count). The average molecular weight is 311 g/mol. The molecule has 0 aliphatic carbocycles. The SMILES string of the molecule is CCOC(=O)/N=C/C1=NC(C=Nc2c(C)cc(C)cc2C)=CC1. The average Bonchev–Trinajstić information content (AvgIpc) is 2.92. The number of nitrogens with zero attached hydrogens (tertiary/aromatic N) is 3. The molecule has 1 aromatic rings. The number of carbonyl (C=O) groups excluding carboxylic acids is 1. The Morgan fingerprint density at radius 2 is 1.96 bits per heavy atom. The van der Waals surface area contributed by atoms with Gasteiger partial charge >= 0.3 is 6.09 Å². The quantitative estimate of drug-likeness (QED) is 0.779. The van der Waals surface area contributed by atoms with E-state index in [4.69, 9.17) is 4.74 Å². The summed E-state index contributed by atoms with van der Waals surface area (Å²) in [5.41, 5.74) is 5.98. The molecule has 0 spiro atoms. The van der Waals surface area contributed by atoms with Crippen LogP contribution in [-0.4, -0.2) is 30.8 Å². The Balaban J connectivity index is 2.06. The first-order valence-corrected chi connectivity index (χ1v) is 7.60. The van der Waals surface area contributed by atoms with Crippen molar-refractivity contribution >= 4 is 29.9 Å². The van der Waals surface area contributed by atoms with Crippen molar-refractivity contribution in [2.75, 3.05) is 6.61 Å². The molecule has 0 aromatic heterocycles. The number of ether oxygens (including phenoxy) is 1. The second-order valence-electron chi connectivity index (χ2n) is 5.40. The summed E-state index contributed by atoms with van der Waals surface area (Å²) in [5.74, 6) is 0. The van der Waals surface area contributed by atoms with E-state index in [1.54, 1.807) is 13.1 Å². The Bertz CT molecular complexity index is 705. The molecule has 0 atom stereocenters. The minimum Gasteiger partial charge on any atom is -0.448 e. The van der Waals surface area contributed by atoms with Crippen molar-refractivity contribution in [2.24, 2.45) is 15.0 Å². The summed E-state index contributed by atoms with van der Waals surface area (Å²) in [6, 6.07) is 4.23. The molecule has 0 fully saturated rings. The fourth-order valence-corrected chi connectivity index (χ4v) is 2.42. The number of aliphatic imine (C=N–C) groups is 3. The van der Waals surface area contributed by atoms with Crippen LogP contribution in [0.4, 0.5) is 10.5 Å². The molecular formula is C18H21N3O2. The molecule has 23 heavy (non-hydrogen) atoms. The molecule has 1 aliphatic rings. The summed E-state index contributed by atoms with van der Waals surface area (Å²) in [5, 5.41) is 0. The second kappa shape index (κ2) is 7.63. The van der Waals surface area contributed by atoms with E-state index in [0.717, 1.165) is 28.2 Å². The summed E-state index contributed by atoms with van der Waals surface area (Å²) in [6.45, 7) is 8.24. The molecule has 1 aliphatic heterocycles. The number of hydrogen-bond donors (Lipinski definition) is 0. The summed E-state index contributed by atoms with van der Waals surface area (Å²) in [4.78, 5) is 23.8. The highest BCUT2D eigenvalue weighted by Gasteiger charge is 2.07. The van der Waals surface area contributed by atoms with E-state index in [0.29, 0.717) is 13.0 Å². The van der Waals surface area contributed by atoms with Gasteiger partial charge in [0, 0.05) is 6.42 Å². The number of carbonyl (C=O) groups is 1. The van der Waals surface area contributed by atoms with Gasteiger partial charge in [0.2, 0.25) is 0 Å². The van der Waals surface area contributed by atoms with Crippen molar-refractivity contribution in [3.63, 3.8) is 0 Å². The van der Waals surface area contributed by atoms with E-state index in [-0.39, 0.29) is 0 Å². The van der Waals surface area contributed by atoms with Crippen LogP contribution >= 0.6 is 0 Å². The fraction of sp³-hybridized carbons (Fsp3) is 0.333. The van der Waals surface area contributed by atoms with E-state index < -0.39 is 6.09 Å². The third-order valence-electron chi connectivity index (χ3n) is 3.34. The molecule has 0 bridgehead atoms. The molecule has 1 amide bonds. The van der Waals surface area contributed by atoms with Crippen molar-refractivity contribution in [1.82, 2.24) is 0 Å². The van der Waals surface area contributed by atoms with Gasteiger partial charge < -0.3 is 4.74 Å². The van der Waals surface area contributed by atoms with Gasteiger partial charge in [-0.25, -0.2) is 4.79 Å². The molecular weight excluding hydrogens is 290 g/mol. The molecule has 1 aromatic carbocycles. The van der Waals surface area contributed by atoms with Crippen LogP contribution in [0.1, 0.15) is 30.0 Å². The zero-order valence-corrected chi connectivity index (χ0v) is 14.0. The Kier molecular flexibility index (Phi) is 5.57.